The molecule has 0 spiro atoms. The van der Waals surface area contributed by atoms with Gasteiger partial charge in [-0.2, -0.15) is 0 Å². The molecular weight excluding hydrogens is 360 g/mol. The van der Waals surface area contributed by atoms with E-state index in [4.69, 9.17) is 16.1 Å². The van der Waals surface area contributed by atoms with Crippen LogP contribution in [-0.4, -0.2) is 26.8 Å². The highest BCUT2D eigenvalue weighted by molar-refractivity contribution is 7.99. The average molecular weight is 375 g/mol. The third-order valence-electron chi connectivity index (χ3n) is 3.18. The van der Waals surface area contributed by atoms with Crippen molar-refractivity contribution in [3.63, 3.8) is 0 Å². The van der Waals surface area contributed by atoms with Crippen LogP contribution in [0.25, 0.3) is 11.4 Å². The van der Waals surface area contributed by atoms with E-state index in [-0.39, 0.29) is 11.7 Å². The molecule has 6 nitrogen and oxygen atoms in total. The molecule has 8 heteroatoms. The van der Waals surface area contributed by atoms with Gasteiger partial charge in [-0.1, -0.05) is 28.5 Å². The molecule has 0 atom stereocenters. The number of aromatic nitrogens is 3. The molecule has 0 saturated heterocycles. The fraction of sp³-hybridized carbons (Fsp3) is 0.176. The van der Waals surface area contributed by atoms with Gasteiger partial charge in [0.25, 0.3) is 0 Å². The van der Waals surface area contributed by atoms with Crippen molar-refractivity contribution in [3.05, 3.63) is 52.9 Å². The van der Waals surface area contributed by atoms with Gasteiger partial charge in [0, 0.05) is 22.3 Å². The minimum Gasteiger partial charge on any atom is -0.360 e. The molecule has 1 aromatic carbocycles. The number of hydrogen-bond donors (Lipinski definition) is 1. The molecule has 0 fully saturated rings. The van der Waals surface area contributed by atoms with Gasteiger partial charge in [0.1, 0.15) is 10.8 Å². The number of carbonyl (C=O) groups excluding carboxylic acids is 1. The maximum absolute atomic E-state index is 12.0. The van der Waals surface area contributed by atoms with Crippen LogP contribution in [0, 0.1) is 13.8 Å². The predicted molar refractivity (Wildman–Crippen MR) is 97.8 cm³/mol. The molecule has 0 saturated carbocycles. The van der Waals surface area contributed by atoms with Crippen LogP contribution >= 0.6 is 23.4 Å². The Hall–Kier alpha value is -2.38. The van der Waals surface area contributed by atoms with E-state index in [9.17, 15) is 4.79 Å². The van der Waals surface area contributed by atoms with Crippen molar-refractivity contribution < 1.29 is 9.32 Å². The molecule has 3 aromatic rings. The Morgan fingerprint density at radius 1 is 1.20 bits per heavy atom. The highest BCUT2D eigenvalue weighted by atomic mass is 35.5. The Morgan fingerprint density at radius 3 is 2.64 bits per heavy atom. The molecule has 0 radical (unpaired) electrons. The molecule has 0 bridgehead atoms. The van der Waals surface area contributed by atoms with Crippen molar-refractivity contribution >= 4 is 35.1 Å². The van der Waals surface area contributed by atoms with E-state index in [0.29, 0.717) is 22.4 Å². The number of halogens is 1. The van der Waals surface area contributed by atoms with Gasteiger partial charge in [0.05, 0.1) is 5.75 Å². The van der Waals surface area contributed by atoms with Crippen molar-refractivity contribution in [1.29, 1.82) is 0 Å². The van der Waals surface area contributed by atoms with E-state index in [1.54, 1.807) is 25.1 Å². The molecule has 0 aliphatic heterocycles. The Bertz CT molecular complexity index is 896. The molecule has 25 heavy (non-hydrogen) atoms. The fourth-order valence-corrected chi connectivity index (χ4v) is 2.97. The van der Waals surface area contributed by atoms with Gasteiger partial charge >= 0.3 is 0 Å². The summed E-state index contributed by atoms with van der Waals surface area (Å²) in [5, 5.41) is 7.79. The van der Waals surface area contributed by atoms with Crippen LogP contribution < -0.4 is 5.32 Å². The Labute approximate surface area is 154 Å². The highest BCUT2D eigenvalue weighted by Crippen LogP contribution is 2.23. The number of carbonyl (C=O) groups is 1. The first-order valence-corrected chi connectivity index (χ1v) is 8.83. The summed E-state index contributed by atoms with van der Waals surface area (Å²) in [4.78, 5) is 21.0. The normalized spacial score (nSPS) is 10.7. The predicted octanol–water partition coefficient (Wildman–Crippen LogP) is 4.13. The first-order valence-electron chi connectivity index (χ1n) is 7.47. The molecule has 1 amide bonds. The van der Waals surface area contributed by atoms with Crippen molar-refractivity contribution in [1.82, 2.24) is 15.1 Å². The lowest BCUT2D eigenvalue weighted by Crippen LogP contribution is -2.14. The summed E-state index contributed by atoms with van der Waals surface area (Å²) in [6.45, 7) is 3.66. The Kier molecular flexibility index (Phi) is 5.35. The third kappa shape index (κ3) is 4.80. The van der Waals surface area contributed by atoms with Crippen LogP contribution in [0.2, 0.25) is 5.02 Å². The van der Waals surface area contributed by atoms with E-state index in [1.165, 1.54) is 11.8 Å². The summed E-state index contributed by atoms with van der Waals surface area (Å²) >= 11 is 7.25. The lowest BCUT2D eigenvalue weighted by molar-refractivity contribution is -0.113. The van der Waals surface area contributed by atoms with Crippen LogP contribution in [0.1, 0.15) is 11.5 Å². The van der Waals surface area contributed by atoms with Gasteiger partial charge in [-0.05, 0) is 44.2 Å². The van der Waals surface area contributed by atoms with Crippen LogP contribution in [-0.2, 0) is 4.79 Å². The molecule has 2 aromatic heterocycles. The number of aryl methyl sites for hydroxylation is 2. The standard InChI is InChI=1S/C17H15ClN4O2S/c1-10-7-16(21-17(19-10)12-3-5-13(18)6-4-12)25-9-15(23)20-14-8-11(2)24-22-14/h3-8H,9H2,1-2H3,(H,20,22,23). The lowest BCUT2D eigenvalue weighted by Gasteiger charge is -2.06. The maximum Gasteiger partial charge on any atom is 0.236 e. The van der Waals surface area contributed by atoms with Crippen LogP contribution in [0.4, 0.5) is 5.82 Å². The molecule has 0 aliphatic rings. The zero-order valence-corrected chi connectivity index (χ0v) is 15.2. The minimum atomic E-state index is -0.178. The van der Waals surface area contributed by atoms with Gasteiger partial charge in [-0.3, -0.25) is 4.79 Å². The van der Waals surface area contributed by atoms with Gasteiger partial charge in [0.2, 0.25) is 5.91 Å². The third-order valence-corrected chi connectivity index (χ3v) is 4.34. The number of thioether (sulfide) groups is 1. The number of nitrogens with one attached hydrogen (secondary N) is 1. The molecule has 0 aliphatic carbocycles. The smallest absolute Gasteiger partial charge is 0.236 e. The second-order valence-corrected chi connectivity index (χ2v) is 6.77. The fourth-order valence-electron chi connectivity index (χ4n) is 2.09. The largest absolute Gasteiger partial charge is 0.360 e. The van der Waals surface area contributed by atoms with Gasteiger partial charge in [-0.15, -0.1) is 0 Å². The second kappa shape index (κ2) is 7.67. The van der Waals surface area contributed by atoms with Gasteiger partial charge < -0.3 is 9.84 Å². The molecule has 2 heterocycles. The van der Waals surface area contributed by atoms with Gasteiger partial charge in [-0.25, -0.2) is 9.97 Å². The zero-order valence-electron chi connectivity index (χ0n) is 13.6. The zero-order chi connectivity index (χ0) is 17.8. The average Bonchev–Trinajstić information content (AvgIpc) is 2.98. The van der Waals surface area contributed by atoms with E-state index >= 15 is 0 Å². The highest BCUT2D eigenvalue weighted by Gasteiger charge is 2.10. The van der Waals surface area contributed by atoms with Crippen LogP contribution in [0.15, 0.2) is 45.9 Å². The summed E-state index contributed by atoms with van der Waals surface area (Å²) in [7, 11) is 0. The van der Waals surface area contributed by atoms with Crippen LogP contribution in [0.3, 0.4) is 0 Å². The molecule has 128 valence electrons. The first-order chi connectivity index (χ1) is 12.0. The molecule has 3 rings (SSSR count). The van der Waals surface area contributed by atoms with E-state index in [1.807, 2.05) is 25.1 Å². The second-order valence-electron chi connectivity index (χ2n) is 5.34. The first kappa shape index (κ1) is 17.4. The van der Waals surface area contributed by atoms with E-state index < -0.39 is 0 Å². The lowest BCUT2D eigenvalue weighted by atomic mass is 10.2. The molecular formula is C17H15ClN4O2S. The Balaban J connectivity index is 1.68. The number of anilines is 1. The maximum atomic E-state index is 12.0. The summed E-state index contributed by atoms with van der Waals surface area (Å²) in [6, 6.07) is 10.8. The quantitative estimate of drug-likeness (QED) is 0.534. The monoisotopic (exact) mass is 374 g/mol. The molecule has 1 N–H and O–H groups in total. The topological polar surface area (TPSA) is 80.9 Å². The summed E-state index contributed by atoms with van der Waals surface area (Å²) in [5.41, 5.74) is 1.70. The SMILES string of the molecule is Cc1cc(SCC(=O)Nc2cc(C)on2)nc(-c2ccc(Cl)cc2)n1. The van der Waals surface area contributed by atoms with Gasteiger partial charge in [0.15, 0.2) is 11.6 Å². The number of nitrogens with zero attached hydrogens (tertiary/aromatic N) is 3. The number of hydrogen-bond acceptors (Lipinski definition) is 6. The van der Waals surface area contributed by atoms with Crippen molar-refractivity contribution in [2.75, 3.05) is 11.1 Å². The molecule has 0 unspecified atom stereocenters. The van der Waals surface area contributed by atoms with E-state index in [0.717, 1.165) is 16.3 Å². The van der Waals surface area contributed by atoms with Crippen molar-refractivity contribution in [3.8, 4) is 11.4 Å². The number of rotatable bonds is 5. The number of amides is 1. The summed E-state index contributed by atoms with van der Waals surface area (Å²) in [6.07, 6.45) is 0. The van der Waals surface area contributed by atoms with Crippen LogP contribution in [0.5, 0.6) is 0 Å². The minimum absolute atomic E-state index is 0.178. The van der Waals surface area contributed by atoms with Crippen molar-refractivity contribution in [2.24, 2.45) is 0 Å². The van der Waals surface area contributed by atoms with Crippen molar-refractivity contribution in [2.45, 2.75) is 18.9 Å². The summed E-state index contributed by atoms with van der Waals surface area (Å²) < 4.78 is 4.92. The number of benzene rings is 1. The summed E-state index contributed by atoms with van der Waals surface area (Å²) in [5.74, 6) is 1.68. The van der Waals surface area contributed by atoms with E-state index in [2.05, 4.69) is 20.4 Å². The Morgan fingerprint density at radius 2 is 1.96 bits per heavy atom.